The molecular weight excluding hydrogens is 320 g/mol. The Hall–Kier alpha value is -0.920. The van der Waals surface area contributed by atoms with E-state index in [0.29, 0.717) is 32.2 Å². The Morgan fingerprint density at radius 3 is 2.64 bits per heavy atom. The topological polar surface area (TPSA) is 58.3 Å². The fourth-order valence-corrected chi connectivity index (χ4v) is 2.92. The molecule has 0 saturated carbocycles. The summed E-state index contributed by atoms with van der Waals surface area (Å²) in [5.74, 6) is 2.34. The Morgan fingerprint density at radius 1 is 1.24 bits per heavy atom. The van der Waals surface area contributed by atoms with Crippen molar-refractivity contribution >= 4 is 0 Å². The van der Waals surface area contributed by atoms with Crippen LogP contribution < -0.4 is 0 Å². The van der Waals surface area contributed by atoms with Crippen LogP contribution in [-0.2, 0) is 16.0 Å². The van der Waals surface area contributed by atoms with Crippen LogP contribution in [-0.4, -0.2) is 80.2 Å². The molecule has 1 N–H and O–H groups in total. The Balaban J connectivity index is 1.81. The molecule has 144 valence electrons. The van der Waals surface area contributed by atoms with Crippen LogP contribution >= 0.6 is 0 Å². The van der Waals surface area contributed by atoms with Crippen LogP contribution in [0.3, 0.4) is 0 Å². The molecule has 0 amide bonds. The molecule has 1 aromatic heterocycles. The molecule has 6 nitrogen and oxygen atoms in total. The third kappa shape index (κ3) is 8.33. The van der Waals surface area contributed by atoms with Gasteiger partial charge < -0.3 is 19.0 Å². The zero-order valence-electron chi connectivity index (χ0n) is 15.9. The van der Waals surface area contributed by atoms with Crippen LogP contribution in [0.15, 0.2) is 16.5 Å². The number of rotatable bonds is 11. The number of hydrogen-bond acceptors (Lipinski definition) is 6. The maximum Gasteiger partial charge on any atom is 0.118 e. The van der Waals surface area contributed by atoms with Gasteiger partial charge in [-0.3, -0.25) is 9.80 Å². The van der Waals surface area contributed by atoms with Gasteiger partial charge >= 0.3 is 0 Å². The third-order valence-corrected chi connectivity index (χ3v) is 4.24. The Labute approximate surface area is 151 Å². The number of hydrogen-bond donors (Lipinski definition) is 1. The average Bonchev–Trinajstić information content (AvgIpc) is 2.98. The van der Waals surface area contributed by atoms with E-state index in [-0.39, 0.29) is 0 Å². The fourth-order valence-electron chi connectivity index (χ4n) is 2.92. The van der Waals surface area contributed by atoms with Crippen LogP contribution in [0, 0.1) is 12.8 Å². The van der Waals surface area contributed by atoms with Crippen LogP contribution in [0.25, 0.3) is 0 Å². The first kappa shape index (κ1) is 20.4. The predicted molar refractivity (Wildman–Crippen MR) is 97.6 cm³/mol. The van der Waals surface area contributed by atoms with Crippen molar-refractivity contribution < 1.29 is 19.0 Å². The highest BCUT2D eigenvalue weighted by Gasteiger charge is 2.17. The lowest BCUT2D eigenvalue weighted by Crippen LogP contribution is -2.43. The summed E-state index contributed by atoms with van der Waals surface area (Å²) in [6.07, 6.45) is -0.487. The van der Waals surface area contributed by atoms with E-state index in [9.17, 15) is 5.11 Å². The normalized spacial score (nSPS) is 17.5. The van der Waals surface area contributed by atoms with Crippen LogP contribution in [0.1, 0.15) is 25.4 Å². The molecule has 25 heavy (non-hydrogen) atoms. The summed E-state index contributed by atoms with van der Waals surface area (Å²) in [5.41, 5.74) is 0. The Morgan fingerprint density at radius 2 is 2.00 bits per heavy atom. The van der Waals surface area contributed by atoms with Crippen molar-refractivity contribution in [1.82, 2.24) is 9.80 Å². The summed E-state index contributed by atoms with van der Waals surface area (Å²) in [5, 5.41) is 10.3. The summed E-state index contributed by atoms with van der Waals surface area (Å²) in [7, 11) is 0. The molecule has 0 aliphatic carbocycles. The highest BCUT2D eigenvalue weighted by atomic mass is 16.5. The maximum absolute atomic E-state index is 10.3. The second-order valence-corrected chi connectivity index (χ2v) is 7.29. The van der Waals surface area contributed by atoms with E-state index in [1.54, 1.807) is 0 Å². The number of aliphatic hydroxyl groups is 1. The third-order valence-electron chi connectivity index (χ3n) is 4.24. The van der Waals surface area contributed by atoms with E-state index >= 15 is 0 Å². The molecular formula is C19H34N2O4. The lowest BCUT2D eigenvalue weighted by atomic mass is 10.2. The summed E-state index contributed by atoms with van der Waals surface area (Å²) >= 11 is 0. The second-order valence-electron chi connectivity index (χ2n) is 7.29. The molecule has 2 rings (SSSR count). The second kappa shape index (κ2) is 10.9. The monoisotopic (exact) mass is 354 g/mol. The van der Waals surface area contributed by atoms with Gasteiger partial charge in [0.1, 0.15) is 11.5 Å². The molecule has 2 heterocycles. The quantitative estimate of drug-likeness (QED) is 0.653. The largest absolute Gasteiger partial charge is 0.465 e. The van der Waals surface area contributed by atoms with Gasteiger partial charge in [0.2, 0.25) is 0 Å². The van der Waals surface area contributed by atoms with Gasteiger partial charge in [0.15, 0.2) is 0 Å². The lowest BCUT2D eigenvalue weighted by molar-refractivity contribution is -0.0000537. The van der Waals surface area contributed by atoms with Gasteiger partial charge in [-0.25, -0.2) is 0 Å². The highest BCUT2D eigenvalue weighted by Crippen LogP contribution is 2.11. The van der Waals surface area contributed by atoms with Gasteiger partial charge in [0, 0.05) is 39.3 Å². The lowest BCUT2D eigenvalue weighted by Gasteiger charge is -2.30. The Kier molecular flexibility index (Phi) is 8.92. The predicted octanol–water partition coefficient (Wildman–Crippen LogP) is 1.76. The first-order chi connectivity index (χ1) is 12.0. The van der Waals surface area contributed by atoms with E-state index in [4.69, 9.17) is 13.9 Å². The first-order valence-electron chi connectivity index (χ1n) is 9.36. The van der Waals surface area contributed by atoms with Gasteiger partial charge in [-0.05, 0) is 25.0 Å². The minimum absolute atomic E-state index is 0.378. The standard InChI is InChI=1S/C19H34N2O4/c1-16(2)14-24-15-18(22)12-21(13-19-5-4-17(3)25-19)7-6-20-8-10-23-11-9-20/h4-5,16,18,22H,6-15H2,1-3H3/t18-/m0/s1. The van der Waals surface area contributed by atoms with Crippen molar-refractivity contribution in [2.24, 2.45) is 5.92 Å². The number of aliphatic hydroxyl groups excluding tert-OH is 1. The molecule has 6 heteroatoms. The minimum Gasteiger partial charge on any atom is -0.465 e. The van der Waals surface area contributed by atoms with E-state index < -0.39 is 6.10 Å². The molecule has 0 radical (unpaired) electrons. The number of furan rings is 1. The summed E-state index contributed by atoms with van der Waals surface area (Å²) in [6, 6.07) is 4.00. The van der Waals surface area contributed by atoms with E-state index in [1.165, 1.54) is 0 Å². The molecule has 1 atom stereocenters. The summed E-state index contributed by atoms with van der Waals surface area (Å²) in [6.45, 7) is 14.0. The van der Waals surface area contributed by atoms with Gasteiger partial charge in [0.25, 0.3) is 0 Å². The van der Waals surface area contributed by atoms with Crippen molar-refractivity contribution in [2.45, 2.75) is 33.4 Å². The first-order valence-corrected chi connectivity index (χ1v) is 9.36. The van der Waals surface area contributed by atoms with Crippen LogP contribution in [0.2, 0.25) is 0 Å². The van der Waals surface area contributed by atoms with Crippen molar-refractivity contribution in [3.05, 3.63) is 23.7 Å². The highest BCUT2D eigenvalue weighted by molar-refractivity contribution is 5.05. The smallest absolute Gasteiger partial charge is 0.118 e. The SMILES string of the molecule is Cc1ccc(CN(CCN2CCOCC2)C[C@H](O)COCC(C)C)o1. The molecule has 0 aromatic carbocycles. The molecule has 1 aromatic rings. The van der Waals surface area contributed by atoms with Gasteiger partial charge in [-0.15, -0.1) is 0 Å². The molecule has 1 aliphatic rings. The zero-order chi connectivity index (χ0) is 18.1. The molecule has 1 fully saturated rings. The van der Waals surface area contributed by atoms with E-state index in [1.807, 2.05) is 19.1 Å². The van der Waals surface area contributed by atoms with Gasteiger partial charge in [-0.1, -0.05) is 13.8 Å². The Bertz CT molecular complexity index is 472. The van der Waals surface area contributed by atoms with Crippen molar-refractivity contribution in [2.75, 3.05) is 59.2 Å². The molecule has 1 saturated heterocycles. The van der Waals surface area contributed by atoms with Crippen LogP contribution in [0.4, 0.5) is 0 Å². The number of morpholine rings is 1. The van der Waals surface area contributed by atoms with Gasteiger partial charge in [-0.2, -0.15) is 0 Å². The van der Waals surface area contributed by atoms with E-state index in [0.717, 1.165) is 50.9 Å². The average molecular weight is 354 g/mol. The van der Waals surface area contributed by atoms with Gasteiger partial charge in [0.05, 0.1) is 32.5 Å². The molecule has 1 aliphatic heterocycles. The van der Waals surface area contributed by atoms with E-state index in [2.05, 4.69) is 23.6 Å². The maximum atomic E-state index is 10.3. The molecule has 0 spiro atoms. The molecule has 0 unspecified atom stereocenters. The number of ether oxygens (including phenoxy) is 2. The molecule has 0 bridgehead atoms. The summed E-state index contributed by atoms with van der Waals surface area (Å²) < 4.78 is 16.7. The minimum atomic E-state index is -0.487. The zero-order valence-corrected chi connectivity index (χ0v) is 15.9. The van der Waals surface area contributed by atoms with Crippen LogP contribution in [0.5, 0.6) is 0 Å². The number of nitrogens with zero attached hydrogens (tertiary/aromatic N) is 2. The van der Waals surface area contributed by atoms with Crippen molar-refractivity contribution in [3.8, 4) is 0 Å². The number of aryl methyl sites for hydroxylation is 1. The van der Waals surface area contributed by atoms with Crippen molar-refractivity contribution in [3.63, 3.8) is 0 Å². The fraction of sp³-hybridized carbons (Fsp3) is 0.789. The summed E-state index contributed by atoms with van der Waals surface area (Å²) in [4.78, 5) is 4.66. The van der Waals surface area contributed by atoms with Crippen molar-refractivity contribution in [1.29, 1.82) is 0 Å².